The number of rotatable bonds is 0. The van der Waals surface area contributed by atoms with Crippen LogP contribution in [0.15, 0.2) is 122 Å². The van der Waals surface area contributed by atoms with Crippen LogP contribution in [0.5, 0.6) is 0 Å². The van der Waals surface area contributed by atoms with Gasteiger partial charge in [0, 0.05) is 44.7 Å². The first-order valence-electron chi connectivity index (χ1n) is 14.8. The molecular formula is C40H20N6. The summed E-state index contributed by atoms with van der Waals surface area (Å²) in [6, 6.07) is 36.1. The Balaban J connectivity index is 1.09. The molecule has 6 nitrogen and oxygen atoms in total. The lowest BCUT2D eigenvalue weighted by molar-refractivity contribution is 1.32. The average molecular weight is 585 g/mol. The molecule has 0 spiro atoms. The number of aromatic nitrogens is 6. The van der Waals surface area contributed by atoms with E-state index in [9.17, 15) is 0 Å². The van der Waals surface area contributed by atoms with E-state index in [-0.39, 0.29) is 0 Å². The summed E-state index contributed by atoms with van der Waals surface area (Å²) in [5.74, 6) is 12.8. The van der Waals surface area contributed by atoms with Crippen molar-refractivity contribution >= 4 is 65.4 Å². The van der Waals surface area contributed by atoms with Crippen LogP contribution in [-0.2, 0) is 0 Å². The Morgan fingerprint density at radius 3 is 0.870 bits per heavy atom. The summed E-state index contributed by atoms with van der Waals surface area (Å²) in [6.45, 7) is 0. The van der Waals surface area contributed by atoms with Crippen molar-refractivity contribution in [1.82, 2.24) is 29.9 Å². The molecule has 210 valence electrons. The Morgan fingerprint density at radius 2 is 0.543 bits per heavy atom. The largest absolute Gasteiger partial charge is 0.254 e. The second kappa shape index (κ2) is 10.4. The van der Waals surface area contributed by atoms with Crippen molar-refractivity contribution in [2.75, 3.05) is 0 Å². The Kier molecular flexibility index (Phi) is 5.84. The van der Waals surface area contributed by atoms with Gasteiger partial charge in [0.2, 0.25) is 0 Å². The first kappa shape index (κ1) is 25.7. The van der Waals surface area contributed by atoms with Crippen LogP contribution in [0.2, 0.25) is 0 Å². The number of fused-ring (bicyclic) bond motifs is 9. The summed E-state index contributed by atoms with van der Waals surface area (Å²) in [5, 5.41) is 6.11. The summed E-state index contributed by atoms with van der Waals surface area (Å²) in [4.78, 5) is 28.6. The van der Waals surface area contributed by atoms with E-state index in [1.165, 1.54) is 0 Å². The molecule has 0 fully saturated rings. The highest BCUT2D eigenvalue weighted by molar-refractivity contribution is 6.04. The fourth-order valence-electron chi connectivity index (χ4n) is 5.75. The SMILES string of the molecule is C(#Cc1ccc2ccc3ccc(C#Cc4ccc5ccc6cccnc6c5n4)nc3c2n1)c1ccc2ccc3cccnc3c2n1. The van der Waals surface area contributed by atoms with Gasteiger partial charge in [-0.05, 0) is 84.3 Å². The van der Waals surface area contributed by atoms with Crippen molar-refractivity contribution in [3.05, 3.63) is 144 Å². The van der Waals surface area contributed by atoms with E-state index >= 15 is 0 Å². The average Bonchev–Trinajstić information content (AvgIpc) is 3.12. The van der Waals surface area contributed by atoms with Gasteiger partial charge >= 0.3 is 0 Å². The molecule has 0 radical (unpaired) electrons. The van der Waals surface area contributed by atoms with Crippen LogP contribution >= 0.6 is 0 Å². The van der Waals surface area contributed by atoms with Gasteiger partial charge in [0.05, 0.1) is 33.1 Å². The van der Waals surface area contributed by atoms with Crippen molar-refractivity contribution in [2.45, 2.75) is 0 Å². The molecule has 0 aliphatic rings. The van der Waals surface area contributed by atoms with E-state index in [4.69, 9.17) is 19.9 Å². The third kappa shape index (κ3) is 4.50. The molecule has 6 aromatic heterocycles. The van der Waals surface area contributed by atoms with Crippen molar-refractivity contribution in [3.8, 4) is 23.7 Å². The molecule has 9 aromatic rings. The predicted molar refractivity (Wildman–Crippen MR) is 183 cm³/mol. The van der Waals surface area contributed by atoms with Gasteiger partial charge in [0.15, 0.2) is 0 Å². The van der Waals surface area contributed by atoms with Gasteiger partial charge in [-0.1, -0.05) is 48.5 Å². The lowest BCUT2D eigenvalue weighted by Crippen LogP contribution is -1.92. The predicted octanol–water partition coefficient (Wildman–Crippen LogP) is 7.78. The van der Waals surface area contributed by atoms with Crippen molar-refractivity contribution < 1.29 is 0 Å². The molecule has 46 heavy (non-hydrogen) atoms. The molecule has 0 amide bonds. The number of nitrogens with zero attached hydrogens (tertiary/aromatic N) is 6. The highest BCUT2D eigenvalue weighted by atomic mass is 14.8. The molecular weight excluding hydrogens is 564 g/mol. The van der Waals surface area contributed by atoms with Gasteiger partial charge in [0.1, 0.15) is 22.8 Å². The van der Waals surface area contributed by atoms with Gasteiger partial charge in [-0.15, -0.1) is 0 Å². The summed E-state index contributed by atoms with van der Waals surface area (Å²) >= 11 is 0. The summed E-state index contributed by atoms with van der Waals surface area (Å²) in [7, 11) is 0. The maximum absolute atomic E-state index is 4.91. The molecule has 6 heteroatoms. The van der Waals surface area contributed by atoms with E-state index in [1.54, 1.807) is 12.4 Å². The Hall–Kier alpha value is -6.76. The minimum Gasteiger partial charge on any atom is -0.254 e. The topological polar surface area (TPSA) is 77.3 Å². The van der Waals surface area contributed by atoms with E-state index in [2.05, 4.69) is 70.0 Å². The number of benzene rings is 3. The van der Waals surface area contributed by atoms with E-state index in [1.807, 2.05) is 72.8 Å². The van der Waals surface area contributed by atoms with Gasteiger partial charge in [-0.3, -0.25) is 9.97 Å². The monoisotopic (exact) mass is 584 g/mol. The standard InChI is InChI=1S/C40H20N6/c1-3-25-5-7-27-11-15-31(43-37(27)35(25)41-23-1)19-21-33-17-13-29-9-10-30-14-18-34(46-40(30)39(29)45-33)22-20-32-16-12-28-8-6-26-4-2-24-42-36(26)38(28)44-32/h1-18,23-24H. The van der Waals surface area contributed by atoms with E-state index in [0.717, 1.165) is 65.4 Å². The zero-order chi connectivity index (χ0) is 30.5. The molecule has 0 atom stereocenters. The highest BCUT2D eigenvalue weighted by Gasteiger charge is 2.07. The van der Waals surface area contributed by atoms with Crippen molar-refractivity contribution in [3.63, 3.8) is 0 Å². The van der Waals surface area contributed by atoms with Crippen LogP contribution in [0.4, 0.5) is 0 Å². The van der Waals surface area contributed by atoms with E-state index < -0.39 is 0 Å². The Labute approximate surface area is 262 Å². The maximum atomic E-state index is 4.91. The van der Waals surface area contributed by atoms with Crippen LogP contribution in [0.1, 0.15) is 22.8 Å². The highest BCUT2D eigenvalue weighted by Crippen LogP contribution is 2.25. The number of hydrogen-bond donors (Lipinski definition) is 0. The van der Waals surface area contributed by atoms with E-state index in [0.29, 0.717) is 22.8 Å². The molecule has 0 N–H and O–H groups in total. The zero-order valence-corrected chi connectivity index (χ0v) is 24.2. The molecule has 0 saturated heterocycles. The van der Waals surface area contributed by atoms with Crippen LogP contribution in [0, 0.1) is 23.7 Å². The smallest absolute Gasteiger partial charge is 0.114 e. The quantitative estimate of drug-likeness (QED) is 0.134. The minimum absolute atomic E-state index is 0.637. The molecule has 6 heterocycles. The molecule has 0 aliphatic carbocycles. The maximum Gasteiger partial charge on any atom is 0.114 e. The van der Waals surface area contributed by atoms with Crippen LogP contribution in [0.25, 0.3) is 65.4 Å². The molecule has 9 rings (SSSR count). The normalized spacial score (nSPS) is 11.1. The third-order valence-corrected chi connectivity index (χ3v) is 8.02. The van der Waals surface area contributed by atoms with Gasteiger partial charge in [-0.25, -0.2) is 19.9 Å². The zero-order valence-electron chi connectivity index (χ0n) is 24.2. The number of pyridine rings is 6. The van der Waals surface area contributed by atoms with Crippen LogP contribution in [-0.4, -0.2) is 29.9 Å². The van der Waals surface area contributed by atoms with Crippen molar-refractivity contribution in [2.24, 2.45) is 0 Å². The van der Waals surface area contributed by atoms with Gasteiger partial charge in [0.25, 0.3) is 0 Å². The Bertz CT molecular complexity index is 2640. The number of hydrogen-bond acceptors (Lipinski definition) is 6. The summed E-state index contributed by atoms with van der Waals surface area (Å²) in [5.41, 5.74) is 7.55. The van der Waals surface area contributed by atoms with Crippen LogP contribution in [0.3, 0.4) is 0 Å². The first-order chi connectivity index (χ1) is 22.7. The second-order valence-corrected chi connectivity index (χ2v) is 10.9. The van der Waals surface area contributed by atoms with Gasteiger partial charge < -0.3 is 0 Å². The molecule has 3 aromatic carbocycles. The Morgan fingerprint density at radius 1 is 0.283 bits per heavy atom. The fraction of sp³-hybridized carbons (Fsp3) is 0. The van der Waals surface area contributed by atoms with Crippen molar-refractivity contribution in [1.29, 1.82) is 0 Å². The second-order valence-electron chi connectivity index (χ2n) is 10.9. The summed E-state index contributed by atoms with van der Waals surface area (Å²) in [6.07, 6.45) is 3.58. The minimum atomic E-state index is 0.637. The van der Waals surface area contributed by atoms with Crippen LogP contribution < -0.4 is 0 Å². The van der Waals surface area contributed by atoms with Gasteiger partial charge in [-0.2, -0.15) is 0 Å². The molecule has 0 unspecified atom stereocenters. The summed E-state index contributed by atoms with van der Waals surface area (Å²) < 4.78 is 0. The first-order valence-corrected chi connectivity index (χ1v) is 14.8. The molecule has 0 bridgehead atoms. The fourth-order valence-corrected chi connectivity index (χ4v) is 5.75. The third-order valence-electron chi connectivity index (χ3n) is 8.02. The molecule has 0 aliphatic heterocycles. The molecule has 0 saturated carbocycles. The lowest BCUT2D eigenvalue weighted by atomic mass is 10.1. The lowest BCUT2D eigenvalue weighted by Gasteiger charge is -2.04.